The molecule has 3 aliphatic rings. The van der Waals surface area contributed by atoms with E-state index in [0.29, 0.717) is 12.0 Å². The number of hydrogen-bond donors (Lipinski definition) is 1. The van der Waals surface area contributed by atoms with E-state index in [0.717, 1.165) is 34.4 Å². The van der Waals surface area contributed by atoms with E-state index in [-0.39, 0.29) is 22.9 Å². The van der Waals surface area contributed by atoms with Gasteiger partial charge in [0.25, 0.3) is 0 Å². The topological polar surface area (TPSA) is 63.6 Å². The Hall–Kier alpha value is -2.86. The number of aliphatic hydroxyl groups excluding tert-OH is 1. The Morgan fingerprint density at radius 3 is 2.35 bits per heavy atom. The summed E-state index contributed by atoms with van der Waals surface area (Å²) in [5.74, 6) is -4.37. The monoisotopic (exact) mass is 424 g/mol. The number of Topliss-reactive ketones (excluding diaryl/α,β-unsaturated/α-hetero) is 2. The maximum absolute atomic E-state index is 13.6. The van der Waals surface area contributed by atoms with Gasteiger partial charge in [-0.3, -0.25) is 9.59 Å². The molecule has 0 aromatic heterocycles. The van der Waals surface area contributed by atoms with Crippen LogP contribution in [0.5, 0.6) is 0 Å². The van der Waals surface area contributed by atoms with Crippen LogP contribution in [0.2, 0.25) is 0 Å². The van der Waals surface area contributed by atoms with E-state index < -0.39 is 41.6 Å². The first-order valence-corrected chi connectivity index (χ1v) is 10.4. The Morgan fingerprint density at radius 2 is 1.71 bits per heavy atom. The molecule has 0 saturated carbocycles. The highest BCUT2D eigenvalue weighted by Crippen LogP contribution is 2.56. The number of carbonyl (C=O) groups is 2. The van der Waals surface area contributed by atoms with Gasteiger partial charge in [-0.1, -0.05) is 17.7 Å². The van der Waals surface area contributed by atoms with E-state index in [1.54, 1.807) is 0 Å². The molecule has 2 aliphatic heterocycles. The molecule has 6 heteroatoms. The second-order valence-corrected chi connectivity index (χ2v) is 8.92. The third kappa shape index (κ3) is 2.81. The Morgan fingerprint density at radius 1 is 1.03 bits per heavy atom. The van der Waals surface area contributed by atoms with Crippen molar-refractivity contribution in [3.8, 4) is 0 Å². The number of hydrogen-bond acceptors (Lipinski definition) is 4. The second-order valence-electron chi connectivity index (χ2n) is 8.92. The van der Waals surface area contributed by atoms with Gasteiger partial charge in [0.1, 0.15) is 5.76 Å². The van der Waals surface area contributed by atoms with Gasteiger partial charge >= 0.3 is 0 Å². The summed E-state index contributed by atoms with van der Waals surface area (Å²) >= 11 is 0. The Labute approximate surface area is 178 Å². The van der Waals surface area contributed by atoms with E-state index in [4.69, 9.17) is 4.74 Å². The van der Waals surface area contributed by atoms with E-state index in [1.807, 2.05) is 32.9 Å². The zero-order valence-corrected chi connectivity index (χ0v) is 17.4. The van der Waals surface area contributed by atoms with Crippen molar-refractivity contribution in [2.75, 3.05) is 0 Å². The third-order valence-corrected chi connectivity index (χ3v) is 6.95. The first kappa shape index (κ1) is 20.1. The fourth-order valence-electron chi connectivity index (χ4n) is 5.80. The van der Waals surface area contributed by atoms with Gasteiger partial charge < -0.3 is 9.84 Å². The highest BCUT2D eigenvalue weighted by atomic mass is 19.2. The molecule has 4 nitrogen and oxygen atoms in total. The molecule has 160 valence electrons. The molecule has 0 unspecified atom stereocenters. The number of ether oxygens (including phenoxy) is 1. The molecule has 0 amide bonds. The molecule has 2 bridgehead atoms. The summed E-state index contributed by atoms with van der Waals surface area (Å²) in [6.07, 6.45) is -0.822. The van der Waals surface area contributed by atoms with Gasteiger partial charge in [-0.05, 0) is 62.1 Å². The number of allylic oxidation sites excluding steroid dienone is 1. The number of benzene rings is 2. The molecule has 0 radical (unpaired) electrons. The number of ketones is 2. The largest absolute Gasteiger partial charge is 0.511 e. The minimum Gasteiger partial charge on any atom is -0.511 e. The molecule has 5 rings (SSSR count). The van der Waals surface area contributed by atoms with E-state index in [9.17, 15) is 23.5 Å². The minimum absolute atomic E-state index is 0.0275. The molecular weight excluding hydrogens is 402 g/mol. The molecule has 1 aliphatic carbocycles. The second kappa shape index (κ2) is 6.82. The van der Waals surface area contributed by atoms with Crippen molar-refractivity contribution >= 4 is 17.1 Å². The quantitative estimate of drug-likeness (QED) is 0.729. The number of rotatable bonds is 3. The van der Waals surface area contributed by atoms with E-state index in [2.05, 4.69) is 0 Å². The number of aliphatic hydroxyl groups is 1. The lowest BCUT2D eigenvalue weighted by Crippen LogP contribution is -2.38. The van der Waals surface area contributed by atoms with Crippen LogP contribution in [0, 0.1) is 50.2 Å². The molecule has 2 aromatic rings. The lowest BCUT2D eigenvalue weighted by atomic mass is 9.72. The predicted octanol–water partition coefficient (Wildman–Crippen LogP) is 4.64. The smallest absolute Gasteiger partial charge is 0.173 e. The van der Waals surface area contributed by atoms with Crippen molar-refractivity contribution in [3.05, 3.63) is 75.5 Å². The van der Waals surface area contributed by atoms with Gasteiger partial charge in [-0.25, -0.2) is 8.78 Å². The summed E-state index contributed by atoms with van der Waals surface area (Å²) in [5, 5.41) is 11.1. The van der Waals surface area contributed by atoms with Gasteiger partial charge in [0.2, 0.25) is 0 Å². The van der Waals surface area contributed by atoms with Gasteiger partial charge in [-0.2, -0.15) is 0 Å². The van der Waals surface area contributed by atoms with Gasteiger partial charge in [-0.15, -0.1) is 0 Å². The molecule has 5 atom stereocenters. The number of carbonyl (C=O) groups excluding carboxylic acids is 2. The van der Waals surface area contributed by atoms with Crippen molar-refractivity contribution in [3.63, 3.8) is 0 Å². The molecule has 0 spiro atoms. The molecule has 2 fully saturated rings. The van der Waals surface area contributed by atoms with Crippen molar-refractivity contribution in [2.45, 2.75) is 39.4 Å². The van der Waals surface area contributed by atoms with E-state index in [1.165, 1.54) is 6.07 Å². The molecule has 2 aromatic carbocycles. The summed E-state index contributed by atoms with van der Waals surface area (Å²) in [6.45, 7) is 5.81. The van der Waals surface area contributed by atoms with Crippen molar-refractivity contribution in [1.82, 2.24) is 0 Å². The van der Waals surface area contributed by atoms with Crippen LogP contribution in [-0.4, -0.2) is 28.9 Å². The average molecular weight is 424 g/mol. The first-order chi connectivity index (χ1) is 14.7. The van der Waals surface area contributed by atoms with Crippen LogP contribution in [-0.2, 0) is 9.53 Å². The Bertz CT molecular complexity index is 1160. The number of fused-ring (bicyclic) bond motifs is 5. The van der Waals surface area contributed by atoms with Crippen molar-refractivity contribution in [1.29, 1.82) is 0 Å². The van der Waals surface area contributed by atoms with E-state index >= 15 is 0 Å². The molecule has 2 saturated heterocycles. The third-order valence-electron chi connectivity index (χ3n) is 6.95. The summed E-state index contributed by atoms with van der Waals surface area (Å²) in [7, 11) is 0. The zero-order valence-electron chi connectivity index (χ0n) is 17.4. The predicted molar refractivity (Wildman–Crippen MR) is 110 cm³/mol. The van der Waals surface area contributed by atoms with Crippen LogP contribution in [0.15, 0.2) is 36.1 Å². The SMILES string of the molecule is Cc1cc(C)c(C2=C(O)[C@@H]3[C@@H]4O[C@@H](C[C@H]4C(=O)c4ccc(F)c(F)c4)[C@@H]3C2=O)c(C)c1. The minimum atomic E-state index is -1.08. The Balaban J connectivity index is 1.52. The highest BCUT2D eigenvalue weighted by molar-refractivity contribution is 6.26. The molecule has 2 heterocycles. The zero-order chi connectivity index (χ0) is 22.2. The average Bonchev–Trinajstić information content (AvgIpc) is 3.36. The summed E-state index contributed by atoms with van der Waals surface area (Å²) in [4.78, 5) is 26.4. The fourth-order valence-corrected chi connectivity index (χ4v) is 5.80. The van der Waals surface area contributed by atoms with Gasteiger partial charge in [0.15, 0.2) is 23.2 Å². The normalized spacial score (nSPS) is 29.1. The summed E-state index contributed by atoms with van der Waals surface area (Å²) in [6, 6.07) is 7.03. The molecular formula is C25H22F2O4. The van der Waals surface area contributed by atoms with Crippen LogP contribution in [0.3, 0.4) is 0 Å². The van der Waals surface area contributed by atoms with Crippen molar-refractivity contribution in [2.24, 2.45) is 17.8 Å². The van der Waals surface area contributed by atoms with Crippen LogP contribution in [0.1, 0.15) is 39.0 Å². The molecule has 1 N–H and O–H groups in total. The standard InChI is InChI=1S/C25H22F2O4/c1-10-6-11(2)18(12(3)7-10)20-23(29)19-17-9-14(25(31-17)21(19)24(20)30)22(28)13-4-5-15(26)16(27)8-13/h4-8,14,17,19,21,25,30H,9H2,1-3H3/t14-,17-,19-,21+,25+/m0/s1. The van der Waals surface area contributed by atoms with Crippen LogP contribution < -0.4 is 0 Å². The maximum Gasteiger partial charge on any atom is 0.173 e. The Kier molecular flexibility index (Phi) is 4.42. The lowest BCUT2D eigenvalue weighted by molar-refractivity contribution is -0.118. The highest BCUT2D eigenvalue weighted by Gasteiger charge is 2.63. The van der Waals surface area contributed by atoms with Gasteiger partial charge in [0, 0.05) is 5.56 Å². The lowest BCUT2D eigenvalue weighted by Gasteiger charge is -2.26. The summed E-state index contributed by atoms with van der Waals surface area (Å²) < 4.78 is 32.9. The fraction of sp³-hybridized carbons (Fsp3) is 0.360. The van der Waals surface area contributed by atoms with Crippen LogP contribution >= 0.6 is 0 Å². The molecule has 31 heavy (non-hydrogen) atoms. The van der Waals surface area contributed by atoms with Crippen LogP contribution in [0.4, 0.5) is 8.78 Å². The number of halogens is 2. The van der Waals surface area contributed by atoms with Crippen LogP contribution in [0.25, 0.3) is 5.57 Å². The van der Waals surface area contributed by atoms with Gasteiger partial charge in [0.05, 0.1) is 35.5 Å². The first-order valence-electron chi connectivity index (χ1n) is 10.4. The number of aryl methyl sites for hydroxylation is 3. The van der Waals surface area contributed by atoms with Crippen molar-refractivity contribution < 1.29 is 28.2 Å². The maximum atomic E-state index is 13.6. The summed E-state index contributed by atoms with van der Waals surface area (Å²) in [5.41, 5.74) is 4.03.